The maximum atomic E-state index is 2.61. The molecule has 2 aliphatic rings. The van der Waals surface area contributed by atoms with Crippen LogP contribution in [0.3, 0.4) is 0 Å². The van der Waals surface area contributed by atoms with Crippen LogP contribution in [0.5, 0.6) is 0 Å². The van der Waals surface area contributed by atoms with Gasteiger partial charge in [-0.3, -0.25) is 0 Å². The maximum absolute atomic E-state index is 2.61. The average molecular weight is 337 g/mol. The average Bonchev–Trinajstić information content (AvgIpc) is 3.11. The fourth-order valence-corrected chi connectivity index (χ4v) is 4.69. The van der Waals surface area contributed by atoms with Crippen molar-refractivity contribution in [2.45, 2.75) is 25.8 Å². The van der Waals surface area contributed by atoms with E-state index in [-0.39, 0.29) is 5.54 Å². The minimum absolute atomic E-state index is 0.125. The van der Waals surface area contributed by atoms with Crippen molar-refractivity contribution in [3.8, 4) is 0 Å². The molecule has 0 fully saturated rings. The van der Waals surface area contributed by atoms with E-state index in [1.807, 2.05) is 0 Å². The Balaban J connectivity index is 1.82. The summed E-state index contributed by atoms with van der Waals surface area (Å²) < 4.78 is 0. The summed E-state index contributed by atoms with van der Waals surface area (Å²) in [6.45, 7) is 5.66. The minimum atomic E-state index is -0.125. The summed E-state index contributed by atoms with van der Waals surface area (Å²) >= 11 is 0. The molecular weight excluding hydrogens is 314 g/mol. The molecule has 2 heterocycles. The zero-order valence-electron chi connectivity index (χ0n) is 15.4. The molecule has 0 saturated carbocycles. The van der Waals surface area contributed by atoms with E-state index in [0.29, 0.717) is 0 Å². The predicted octanol–water partition coefficient (Wildman–Crippen LogP) is 5.72. The number of nitrogens with zero attached hydrogens (tertiary/aromatic N) is 1. The third-order valence-electron chi connectivity index (χ3n) is 5.93. The summed E-state index contributed by atoms with van der Waals surface area (Å²) in [4.78, 5) is 2.61. The van der Waals surface area contributed by atoms with Crippen LogP contribution in [-0.4, -0.2) is 6.54 Å². The monoisotopic (exact) mass is 337 g/mol. The minimum Gasteiger partial charge on any atom is -0.357 e. The highest BCUT2D eigenvalue weighted by Gasteiger charge is 2.41. The highest BCUT2D eigenvalue weighted by molar-refractivity contribution is 5.93. The van der Waals surface area contributed by atoms with Crippen LogP contribution < -0.4 is 4.90 Å². The van der Waals surface area contributed by atoms with E-state index in [2.05, 4.69) is 97.6 Å². The summed E-state index contributed by atoms with van der Waals surface area (Å²) in [7, 11) is 0. The molecule has 0 saturated heterocycles. The largest absolute Gasteiger partial charge is 0.357 e. The molecule has 0 N–H and O–H groups in total. The summed E-state index contributed by atoms with van der Waals surface area (Å²) in [5.74, 6) is 0. The molecule has 0 bridgehead atoms. The van der Waals surface area contributed by atoms with E-state index in [1.165, 1.54) is 39.1 Å². The lowest BCUT2D eigenvalue weighted by atomic mass is 9.80. The quantitative estimate of drug-likeness (QED) is 0.578. The summed E-state index contributed by atoms with van der Waals surface area (Å²) in [5.41, 5.74) is 9.55. The molecule has 0 amide bonds. The Labute approximate surface area is 155 Å². The highest BCUT2D eigenvalue weighted by Crippen LogP contribution is 2.50. The van der Waals surface area contributed by atoms with Gasteiger partial charge in [0, 0.05) is 17.8 Å². The molecular formula is C25H23N. The normalized spacial score (nSPS) is 20.7. The van der Waals surface area contributed by atoms with E-state index in [4.69, 9.17) is 0 Å². The Morgan fingerprint density at radius 3 is 2.31 bits per heavy atom. The van der Waals surface area contributed by atoms with Gasteiger partial charge in [0.2, 0.25) is 0 Å². The zero-order chi connectivity index (χ0) is 17.7. The Kier molecular flexibility index (Phi) is 3.33. The van der Waals surface area contributed by atoms with Gasteiger partial charge in [-0.2, -0.15) is 0 Å². The van der Waals surface area contributed by atoms with Crippen molar-refractivity contribution in [1.82, 2.24) is 0 Å². The molecule has 0 aliphatic carbocycles. The van der Waals surface area contributed by atoms with Crippen LogP contribution in [0.25, 0.3) is 5.57 Å². The van der Waals surface area contributed by atoms with Gasteiger partial charge in [0.15, 0.2) is 0 Å². The van der Waals surface area contributed by atoms with Crippen LogP contribution in [0.15, 0.2) is 78.9 Å². The van der Waals surface area contributed by atoms with Gasteiger partial charge in [-0.25, -0.2) is 0 Å². The van der Waals surface area contributed by atoms with Crippen LogP contribution in [0, 0.1) is 6.92 Å². The van der Waals surface area contributed by atoms with Crippen molar-refractivity contribution < 1.29 is 0 Å². The molecule has 0 aromatic heterocycles. The molecule has 1 atom stereocenters. The Morgan fingerprint density at radius 1 is 0.885 bits per heavy atom. The second kappa shape index (κ2) is 5.60. The lowest BCUT2D eigenvalue weighted by Gasteiger charge is -2.44. The van der Waals surface area contributed by atoms with Crippen LogP contribution in [0.1, 0.15) is 34.7 Å². The number of hydrogen-bond donors (Lipinski definition) is 0. The Morgan fingerprint density at radius 2 is 1.58 bits per heavy atom. The third kappa shape index (κ3) is 2.17. The number of anilines is 1. The first-order chi connectivity index (χ1) is 12.7. The molecule has 0 spiro atoms. The number of rotatable bonds is 2. The van der Waals surface area contributed by atoms with Crippen LogP contribution in [-0.2, 0) is 12.0 Å². The van der Waals surface area contributed by atoms with Crippen molar-refractivity contribution >= 4 is 11.3 Å². The van der Waals surface area contributed by atoms with Gasteiger partial charge in [-0.05, 0) is 54.7 Å². The lowest BCUT2D eigenvalue weighted by molar-refractivity contribution is 0.552. The Bertz CT molecular complexity index is 1000. The second-order valence-corrected chi connectivity index (χ2v) is 7.66. The maximum Gasteiger partial charge on any atom is 0.0818 e. The van der Waals surface area contributed by atoms with E-state index in [0.717, 1.165) is 13.0 Å². The fourth-order valence-electron chi connectivity index (χ4n) is 4.69. The molecule has 5 rings (SSSR count). The Hall–Kier alpha value is -2.80. The lowest BCUT2D eigenvalue weighted by Crippen LogP contribution is -2.44. The van der Waals surface area contributed by atoms with Crippen molar-refractivity contribution in [1.29, 1.82) is 0 Å². The van der Waals surface area contributed by atoms with Crippen molar-refractivity contribution in [2.24, 2.45) is 0 Å². The molecule has 3 aromatic rings. The molecule has 0 radical (unpaired) electrons. The second-order valence-electron chi connectivity index (χ2n) is 7.66. The predicted molar refractivity (Wildman–Crippen MR) is 110 cm³/mol. The SMILES string of the molecule is Cc1cc2c3c(c1)C(c1ccccc1)=CC(C)(c1ccccc1)N3CC2. The molecule has 1 nitrogen and oxygen atoms in total. The van der Waals surface area contributed by atoms with Gasteiger partial charge in [0.25, 0.3) is 0 Å². The molecule has 26 heavy (non-hydrogen) atoms. The summed E-state index contributed by atoms with van der Waals surface area (Å²) in [6.07, 6.45) is 3.61. The first-order valence-electron chi connectivity index (χ1n) is 9.42. The van der Waals surface area contributed by atoms with E-state index >= 15 is 0 Å². The molecule has 2 aliphatic heterocycles. The van der Waals surface area contributed by atoms with Crippen molar-refractivity contribution in [3.05, 3.63) is 107 Å². The highest BCUT2D eigenvalue weighted by atomic mass is 15.2. The summed E-state index contributed by atoms with van der Waals surface area (Å²) in [6, 6.07) is 26.5. The van der Waals surface area contributed by atoms with Gasteiger partial charge < -0.3 is 4.90 Å². The fraction of sp³-hybridized carbons (Fsp3) is 0.200. The van der Waals surface area contributed by atoms with Gasteiger partial charge in [-0.1, -0.05) is 72.3 Å². The standard InChI is InChI=1S/C25H23N/c1-18-15-20-13-14-26-24(20)22(16-18)23(19-9-5-3-6-10-19)17-25(26,2)21-11-7-4-8-12-21/h3-12,15-17H,13-14H2,1-2H3. The number of hydrogen-bond acceptors (Lipinski definition) is 1. The van der Waals surface area contributed by atoms with Gasteiger partial charge in [-0.15, -0.1) is 0 Å². The zero-order valence-corrected chi connectivity index (χ0v) is 15.4. The smallest absolute Gasteiger partial charge is 0.0818 e. The van der Waals surface area contributed by atoms with E-state index in [9.17, 15) is 0 Å². The summed E-state index contributed by atoms with van der Waals surface area (Å²) in [5, 5.41) is 0. The van der Waals surface area contributed by atoms with E-state index in [1.54, 1.807) is 0 Å². The number of benzene rings is 3. The topological polar surface area (TPSA) is 3.24 Å². The first kappa shape index (κ1) is 15.5. The number of aryl methyl sites for hydroxylation is 1. The van der Waals surface area contributed by atoms with Crippen molar-refractivity contribution in [3.63, 3.8) is 0 Å². The molecule has 128 valence electrons. The molecule has 1 heteroatoms. The van der Waals surface area contributed by atoms with Crippen LogP contribution in [0.2, 0.25) is 0 Å². The molecule has 3 aromatic carbocycles. The third-order valence-corrected chi connectivity index (χ3v) is 5.93. The molecule has 1 unspecified atom stereocenters. The van der Waals surface area contributed by atoms with Crippen LogP contribution in [0.4, 0.5) is 5.69 Å². The van der Waals surface area contributed by atoms with Crippen LogP contribution >= 0.6 is 0 Å². The van der Waals surface area contributed by atoms with Crippen molar-refractivity contribution in [2.75, 3.05) is 11.4 Å². The van der Waals surface area contributed by atoms with Gasteiger partial charge in [0.1, 0.15) is 0 Å². The van der Waals surface area contributed by atoms with E-state index < -0.39 is 0 Å². The first-order valence-corrected chi connectivity index (χ1v) is 9.42. The van der Waals surface area contributed by atoms with Gasteiger partial charge >= 0.3 is 0 Å². The van der Waals surface area contributed by atoms with Gasteiger partial charge in [0.05, 0.1) is 5.54 Å².